The number of hydrogen-bond donors (Lipinski definition) is 2. The van der Waals surface area contributed by atoms with Gasteiger partial charge in [-0.25, -0.2) is 0 Å². The lowest BCUT2D eigenvalue weighted by Gasteiger charge is -2.13. The Labute approximate surface area is 122 Å². The van der Waals surface area contributed by atoms with Crippen molar-refractivity contribution in [2.24, 2.45) is 0 Å². The highest BCUT2D eigenvalue weighted by atomic mass is 19.4. The fourth-order valence-electron chi connectivity index (χ4n) is 1.91. The molecule has 2 N–H and O–H groups in total. The molecule has 8 heteroatoms. The summed E-state index contributed by atoms with van der Waals surface area (Å²) in [7, 11) is 0. The van der Waals surface area contributed by atoms with Gasteiger partial charge in [-0.05, 0) is 17.7 Å². The second-order valence-corrected chi connectivity index (χ2v) is 4.37. The summed E-state index contributed by atoms with van der Waals surface area (Å²) in [6, 6.07) is 6.37. The van der Waals surface area contributed by atoms with Gasteiger partial charge in [0.25, 0.3) is 5.56 Å². The Morgan fingerprint density at radius 3 is 2.55 bits per heavy atom. The molecule has 0 spiro atoms. The number of aromatic nitrogens is 1. The number of aliphatic carboxylic acids is 1. The molecule has 1 heterocycles. The average Bonchev–Trinajstić information content (AvgIpc) is 2.39. The molecule has 5 nitrogen and oxygen atoms in total. The maximum absolute atomic E-state index is 12.4. The first-order valence-corrected chi connectivity index (χ1v) is 6.05. The Bertz CT molecular complexity index is 752. The molecule has 116 valence electrons. The Balaban J connectivity index is 2.52. The van der Waals surface area contributed by atoms with Gasteiger partial charge in [0.05, 0.1) is 12.0 Å². The first-order valence-electron chi connectivity index (χ1n) is 6.05. The van der Waals surface area contributed by atoms with Crippen molar-refractivity contribution in [2.45, 2.75) is 12.8 Å². The molecule has 0 unspecified atom stereocenters. The number of hydrogen-bond acceptors (Lipinski definition) is 3. The summed E-state index contributed by atoms with van der Waals surface area (Å²) in [4.78, 5) is 24.8. The third kappa shape index (κ3) is 3.87. The summed E-state index contributed by atoms with van der Waals surface area (Å²) in [5.74, 6) is -1.66. The van der Waals surface area contributed by atoms with E-state index >= 15 is 0 Å². The van der Waals surface area contributed by atoms with Crippen LogP contribution in [-0.2, 0) is 11.2 Å². The molecule has 0 bridgehead atoms. The number of H-pyrrole nitrogens is 1. The second kappa shape index (κ2) is 5.92. The largest absolute Gasteiger partial charge is 0.573 e. The van der Waals surface area contributed by atoms with Gasteiger partial charge in [0.2, 0.25) is 0 Å². The van der Waals surface area contributed by atoms with Crippen LogP contribution in [-0.4, -0.2) is 22.4 Å². The Morgan fingerprint density at radius 2 is 1.91 bits per heavy atom. The van der Waals surface area contributed by atoms with Crippen molar-refractivity contribution in [1.82, 2.24) is 4.98 Å². The number of halogens is 3. The molecule has 1 aromatic heterocycles. The fourth-order valence-corrected chi connectivity index (χ4v) is 1.91. The van der Waals surface area contributed by atoms with Gasteiger partial charge in [-0.1, -0.05) is 18.2 Å². The van der Waals surface area contributed by atoms with Gasteiger partial charge in [0, 0.05) is 11.8 Å². The molecule has 2 rings (SSSR count). The highest BCUT2D eigenvalue weighted by Crippen LogP contribution is 2.32. The zero-order valence-electron chi connectivity index (χ0n) is 11.0. The summed E-state index contributed by atoms with van der Waals surface area (Å²) in [6.45, 7) is 0. The van der Waals surface area contributed by atoms with Crippen LogP contribution in [0.1, 0.15) is 5.56 Å². The van der Waals surface area contributed by atoms with Crippen molar-refractivity contribution in [3.63, 3.8) is 0 Å². The van der Waals surface area contributed by atoms with Gasteiger partial charge in [0.15, 0.2) is 0 Å². The summed E-state index contributed by atoms with van der Waals surface area (Å²) >= 11 is 0. The smallest absolute Gasteiger partial charge is 0.481 e. The zero-order valence-corrected chi connectivity index (χ0v) is 11.0. The summed E-state index contributed by atoms with van der Waals surface area (Å²) in [6.07, 6.45) is -4.07. The van der Waals surface area contributed by atoms with Crippen LogP contribution in [0.4, 0.5) is 13.2 Å². The van der Waals surface area contributed by atoms with Crippen molar-refractivity contribution in [2.75, 3.05) is 0 Å². The molecule has 1 aromatic carbocycles. The average molecular weight is 313 g/mol. The molecule has 0 fully saturated rings. The van der Waals surface area contributed by atoms with Crippen LogP contribution in [0.15, 0.2) is 41.3 Å². The van der Waals surface area contributed by atoms with E-state index in [2.05, 4.69) is 9.72 Å². The number of nitrogens with one attached hydrogen (secondary N) is 1. The number of carboxylic acid groups (broad SMARTS) is 1. The van der Waals surface area contributed by atoms with E-state index in [0.29, 0.717) is 0 Å². The van der Waals surface area contributed by atoms with E-state index in [1.54, 1.807) is 0 Å². The topological polar surface area (TPSA) is 79.4 Å². The lowest BCUT2D eigenvalue weighted by Crippen LogP contribution is -2.18. The minimum absolute atomic E-state index is 0.0756. The number of carboxylic acids is 1. The van der Waals surface area contributed by atoms with Crippen LogP contribution in [0, 0.1) is 0 Å². The highest BCUT2D eigenvalue weighted by Gasteiger charge is 2.32. The van der Waals surface area contributed by atoms with Gasteiger partial charge < -0.3 is 14.8 Å². The normalized spacial score (nSPS) is 11.2. The predicted molar refractivity (Wildman–Crippen MR) is 70.5 cm³/mol. The number of alkyl halides is 3. The van der Waals surface area contributed by atoms with Crippen molar-refractivity contribution < 1.29 is 27.8 Å². The third-order valence-electron chi connectivity index (χ3n) is 2.72. The fraction of sp³-hybridized carbons (Fsp3) is 0.143. The minimum Gasteiger partial charge on any atom is -0.481 e. The standard InChI is InChI=1S/C14H10F3NO4/c15-14(16,17)22-11-4-2-1-3-9(11)10-5-8(6-12(19)20)7-18-13(10)21/h1-5,7H,6H2,(H,18,21)(H,19,20). The van der Waals surface area contributed by atoms with E-state index in [4.69, 9.17) is 5.11 Å². The van der Waals surface area contributed by atoms with Crippen LogP contribution in [0.5, 0.6) is 5.75 Å². The number of pyridine rings is 1. The van der Waals surface area contributed by atoms with Gasteiger partial charge >= 0.3 is 12.3 Å². The molecule has 0 saturated heterocycles. The molecular formula is C14H10F3NO4. The Kier molecular flexibility index (Phi) is 4.20. The van der Waals surface area contributed by atoms with Crippen molar-refractivity contribution in [1.29, 1.82) is 0 Å². The SMILES string of the molecule is O=C(O)Cc1c[nH]c(=O)c(-c2ccccc2OC(F)(F)F)c1. The van der Waals surface area contributed by atoms with E-state index in [1.165, 1.54) is 30.5 Å². The van der Waals surface area contributed by atoms with E-state index < -0.39 is 23.6 Å². The van der Waals surface area contributed by atoms with Crippen LogP contribution in [0.2, 0.25) is 0 Å². The lowest BCUT2D eigenvalue weighted by atomic mass is 10.0. The van der Waals surface area contributed by atoms with E-state index in [-0.39, 0.29) is 23.1 Å². The monoisotopic (exact) mass is 313 g/mol. The summed E-state index contributed by atoms with van der Waals surface area (Å²) < 4.78 is 41.1. The summed E-state index contributed by atoms with van der Waals surface area (Å²) in [5, 5.41) is 8.74. The Hall–Kier alpha value is -2.77. The molecule has 0 radical (unpaired) electrons. The molecule has 0 saturated carbocycles. The maximum Gasteiger partial charge on any atom is 0.573 e. The summed E-state index contributed by atoms with van der Waals surface area (Å²) in [5.41, 5.74) is -0.566. The zero-order chi connectivity index (χ0) is 16.3. The molecule has 0 aliphatic carbocycles. The number of benzene rings is 1. The number of rotatable bonds is 4. The van der Waals surface area contributed by atoms with Crippen LogP contribution in [0.3, 0.4) is 0 Å². The predicted octanol–water partition coefficient (Wildman–Crippen LogP) is 2.57. The van der Waals surface area contributed by atoms with Crippen molar-refractivity contribution in [3.05, 3.63) is 52.4 Å². The lowest BCUT2D eigenvalue weighted by molar-refractivity contribution is -0.274. The first kappa shape index (κ1) is 15.6. The molecule has 0 atom stereocenters. The number of aromatic amines is 1. The molecule has 0 aliphatic rings. The van der Waals surface area contributed by atoms with E-state index in [0.717, 1.165) is 6.07 Å². The molecule has 0 amide bonds. The van der Waals surface area contributed by atoms with Crippen molar-refractivity contribution >= 4 is 5.97 Å². The third-order valence-corrected chi connectivity index (χ3v) is 2.72. The van der Waals surface area contributed by atoms with Gasteiger partial charge in [-0.2, -0.15) is 0 Å². The number of ether oxygens (including phenoxy) is 1. The van der Waals surface area contributed by atoms with Gasteiger partial charge in [0.1, 0.15) is 5.75 Å². The highest BCUT2D eigenvalue weighted by molar-refractivity contribution is 5.73. The van der Waals surface area contributed by atoms with Crippen molar-refractivity contribution in [3.8, 4) is 16.9 Å². The quantitative estimate of drug-likeness (QED) is 0.909. The number of para-hydroxylation sites is 1. The minimum atomic E-state index is -4.90. The maximum atomic E-state index is 12.4. The molecular weight excluding hydrogens is 303 g/mol. The van der Waals surface area contributed by atoms with Crippen LogP contribution >= 0.6 is 0 Å². The van der Waals surface area contributed by atoms with Gasteiger partial charge in [-0.15, -0.1) is 13.2 Å². The molecule has 0 aliphatic heterocycles. The van der Waals surface area contributed by atoms with E-state index in [9.17, 15) is 22.8 Å². The van der Waals surface area contributed by atoms with Crippen LogP contribution < -0.4 is 10.3 Å². The van der Waals surface area contributed by atoms with E-state index in [1.807, 2.05) is 0 Å². The molecule has 22 heavy (non-hydrogen) atoms. The number of carbonyl (C=O) groups is 1. The first-order chi connectivity index (χ1) is 10.3. The second-order valence-electron chi connectivity index (χ2n) is 4.37. The molecule has 2 aromatic rings. The van der Waals surface area contributed by atoms with Crippen LogP contribution in [0.25, 0.3) is 11.1 Å². The van der Waals surface area contributed by atoms with Gasteiger partial charge in [-0.3, -0.25) is 9.59 Å². The Morgan fingerprint density at radius 1 is 1.23 bits per heavy atom.